The Labute approximate surface area is 407 Å². The third-order valence-corrected chi connectivity index (χ3v) is 14.3. The van der Waals surface area contributed by atoms with Crippen molar-refractivity contribution < 1.29 is 43.1 Å². The number of halogens is 1. The molecule has 1 aliphatic carbocycles. The van der Waals surface area contributed by atoms with Crippen LogP contribution in [0, 0.1) is 23.6 Å². The van der Waals surface area contributed by atoms with E-state index in [0.717, 1.165) is 72.4 Å². The Morgan fingerprint density at radius 3 is 2.40 bits per heavy atom. The van der Waals surface area contributed by atoms with Crippen molar-refractivity contribution in [1.82, 2.24) is 44.9 Å². The lowest BCUT2D eigenvalue weighted by atomic mass is 9.95. The Hall–Kier alpha value is -6.21. The third kappa shape index (κ3) is 10.0. The van der Waals surface area contributed by atoms with Gasteiger partial charge in [-0.1, -0.05) is 39.8 Å². The lowest BCUT2D eigenvalue weighted by Gasteiger charge is -2.35. The fourth-order valence-electron chi connectivity index (χ4n) is 10.7. The molecule has 3 aliphatic heterocycles. The maximum Gasteiger partial charge on any atom is 0.407 e. The van der Waals surface area contributed by atoms with Crippen molar-refractivity contribution in [3.63, 3.8) is 0 Å². The molecule has 2 aromatic carbocycles. The number of allylic oxidation sites excluding steroid dienone is 2. The predicted octanol–water partition coefficient (Wildman–Crippen LogP) is 8.90. The van der Waals surface area contributed by atoms with Crippen LogP contribution in [0.4, 0.5) is 14.0 Å². The highest BCUT2D eigenvalue weighted by Gasteiger charge is 2.40. The number of aromatic nitrogens is 5. The number of rotatable bonds is 18. The molecule has 9 rings (SSSR count). The predicted molar refractivity (Wildman–Crippen MR) is 262 cm³/mol. The van der Waals surface area contributed by atoms with Gasteiger partial charge in [-0.15, -0.1) is 0 Å². The summed E-state index contributed by atoms with van der Waals surface area (Å²) < 4.78 is 42.4. The third-order valence-electron chi connectivity index (χ3n) is 14.3. The van der Waals surface area contributed by atoms with Crippen LogP contribution in [0.5, 0.6) is 5.75 Å². The first-order valence-electron chi connectivity index (χ1n) is 24.6. The molecule has 0 radical (unpaired) electrons. The number of imidazole rings is 2. The van der Waals surface area contributed by atoms with Gasteiger partial charge in [0.2, 0.25) is 0 Å². The van der Waals surface area contributed by atoms with Gasteiger partial charge >= 0.3 is 12.2 Å². The molecule has 7 atom stereocenters. The minimum absolute atomic E-state index is 0.0304. The van der Waals surface area contributed by atoms with Crippen molar-refractivity contribution >= 4 is 23.1 Å². The molecule has 18 heteroatoms. The first kappa shape index (κ1) is 48.8. The molecular formula is C52H66FN9O8. The number of carbonyl (C=O) groups excluding carboxylic acids is 1. The molecule has 5 aromatic rings. The fraction of sp³-hybridized carbons (Fsp3) is 0.500. The smallest absolute Gasteiger partial charge is 0.407 e. The Morgan fingerprint density at radius 2 is 1.67 bits per heavy atom. The van der Waals surface area contributed by atoms with Gasteiger partial charge in [-0.05, 0) is 93.0 Å². The highest BCUT2D eigenvalue weighted by molar-refractivity contribution is 5.92. The molecule has 4 aliphatic rings. The molecule has 0 bridgehead atoms. The number of benzene rings is 2. The topological polar surface area (TPSA) is 204 Å². The average Bonchev–Trinajstić information content (AvgIpc) is 4.21. The number of amides is 2. The molecule has 0 spiro atoms. The number of methoxy groups -OCH3 is 2. The zero-order valence-corrected chi connectivity index (χ0v) is 40.8. The minimum Gasteiger partial charge on any atom is -0.494 e. The van der Waals surface area contributed by atoms with Crippen LogP contribution in [-0.2, 0) is 14.2 Å². The van der Waals surface area contributed by atoms with Gasteiger partial charge in [-0.25, -0.2) is 23.9 Å². The zero-order chi connectivity index (χ0) is 49.2. The van der Waals surface area contributed by atoms with Gasteiger partial charge in [-0.3, -0.25) is 9.80 Å². The monoisotopic (exact) mass is 964 g/mol. The SMILES string of the molecule is COCCCOC1=CC(C2Oc3cc(-c4cnc(C5CCCN5C(O)C(NC(=O)OC)C(C)C)[nH]4)cc(F)c3-c3cc4cc(-c5cnc(C6CCCN6CC(NC(=O)O)C(C)C)[nH]5)ccc4n32)CC=C1. The molecule has 2 amide bonds. The van der Waals surface area contributed by atoms with E-state index in [1.165, 1.54) is 13.2 Å². The standard InChI is InChI=1S/C52H66FN9O8/c1-29(2)39(58-51(64)65)28-60-17-8-13-41(60)47-54-26-37(56-47)31-15-16-40-34(21-31)24-43-45-36(53)23-33(25-44(45)70-50(62(40)43)32-11-7-12-35(22-32)69-20-10-19-67-5)38-27-55-48(57-38)42-14-9-18-61(42)49(63)46(30(3)4)59-52(66)68-6/h7,12,15-16,21-27,29-30,32,39,41-42,46,49-50,58,63H,8-11,13-14,17-20,28H2,1-6H3,(H,54,56)(H,55,57)(H,59,66)(H,64,65). The maximum atomic E-state index is 17.0. The summed E-state index contributed by atoms with van der Waals surface area (Å²) in [6, 6.07) is 10.6. The summed E-state index contributed by atoms with van der Waals surface area (Å²) in [4.78, 5) is 44.7. The Bertz CT molecular complexity index is 2730. The second-order valence-electron chi connectivity index (χ2n) is 19.6. The van der Waals surface area contributed by atoms with Crippen LogP contribution in [0.2, 0.25) is 0 Å². The number of nitrogens with zero attached hydrogens (tertiary/aromatic N) is 5. The number of aliphatic hydroxyl groups excluding tert-OH is 1. The summed E-state index contributed by atoms with van der Waals surface area (Å²) in [6.07, 6.45) is 11.4. The average molecular weight is 964 g/mol. The largest absolute Gasteiger partial charge is 0.494 e. The highest BCUT2D eigenvalue weighted by Crippen LogP contribution is 2.49. The van der Waals surface area contributed by atoms with Crippen LogP contribution in [0.1, 0.15) is 96.2 Å². The van der Waals surface area contributed by atoms with Crippen molar-refractivity contribution in [2.75, 3.05) is 47.1 Å². The number of carbonyl (C=O) groups is 2. The van der Waals surface area contributed by atoms with Crippen molar-refractivity contribution in [2.24, 2.45) is 17.8 Å². The van der Waals surface area contributed by atoms with E-state index in [2.05, 4.69) is 60.4 Å². The Morgan fingerprint density at radius 1 is 0.929 bits per heavy atom. The van der Waals surface area contributed by atoms with E-state index in [1.807, 2.05) is 57.0 Å². The zero-order valence-electron chi connectivity index (χ0n) is 40.8. The van der Waals surface area contributed by atoms with Crippen molar-refractivity contribution in [2.45, 2.75) is 103 Å². The molecule has 7 unspecified atom stereocenters. The lowest BCUT2D eigenvalue weighted by molar-refractivity contribution is -0.0440. The Kier molecular flexibility index (Phi) is 14.7. The van der Waals surface area contributed by atoms with Gasteiger partial charge < -0.3 is 54.3 Å². The van der Waals surface area contributed by atoms with Crippen LogP contribution >= 0.6 is 0 Å². The number of aromatic amines is 2. The number of nitrogens with one attached hydrogen (secondary N) is 4. The molecule has 374 valence electrons. The number of aliphatic hydroxyl groups is 1. The van der Waals surface area contributed by atoms with Crippen LogP contribution in [0.25, 0.3) is 44.7 Å². The van der Waals surface area contributed by atoms with Gasteiger partial charge in [-0.2, -0.15) is 0 Å². The van der Waals surface area contributed by atoms with Crippen molar-refractivity contribution in [1.29, 1.82) is 0 Å². The number of hydrogen-bond donors (Lipinski definition) is 6. The first-order valence-corrected chi connectivity index (χ1v) is 24.6. The van der Waals surface area contributed by atoms with E-state index in [-0.39, 0.29) is 35.9 Å². The quantitative estimate of drug-likeness (QED) is 0.0456. The molecule has 3 aromatic heterocycles. The van der Waals surface area contributed by atoms with E-state index in [0.29, 0.717) is 66.8 Å². The van der Waals surface area contributed by atoms with Crippen LogP contribution in [0.15, 0.2) is 72.8 Å². The molecule has 0 saturated carbocycles. The molecule has 70 heavy (non-hydrogen) atoms. The number of alkyl carbamates (subject to hydrolysis) is 1. The summed E-state index contributed by atoms with van der Waals surface area (Å²) in [5, 5.41) is 27.5. The van der Waals surface area contributed by atoms with E-state index in [1.54, 1.807) is 13.3 Å². The summed E-state index contributed by atoms with van der Waals surface area (Å²) in [6.45, 7) is 11.1. The first-order chi connectivity index (χ1) is 33.8. The van der Waals surface area contributed by atoms with Crippen LogP contribution < -0.4 is 15.4 Å². The number of ether oxygens (including phenoxy) is 4. The van der Waals surface area contributed by atoms with E-state index in [4.69, 9.17) is 28.9 Å². The second kappa shape index (κ2) is 21.0. The number of likely N-dealkylation sites (tertiary alicyclic amines) is 2. The van der Waals surface area contributed by atoms with Gasteiger partial charge in [0.25, 0.3) is 0 Å². The maximum absolute atomic E-state index is 17.0. The van der Waals surface area contributed by atoms with Gasteiger partial charge in [0.15, 0.2) is 6.23 Å². The number of H-pyrrole nitrogens is 2. The minimum atomic E-state index is -1.02. The lowest BCUT2D eigenvalue weighted by Crippen LogP contribution is -2.54. The number of hydrogen-bond acceptors (Lipinski definition) is 11. The van der Waals surface area contributed by atoms with Gasteiger partial charge in [0, 0.05) is 61.7 Å². The Balaban J connectivity index is 1.03. The summed E-state index contributed by atoms with van der Waals surface area (Å²) in [5.41, 5.74) is 4.88. The van der Waals surface area contributed by atoms with Crippen molar-refractivity contribution in [3.8, 4) is 39.5 Å². The summed E-state index contributed by atoms with van der Waals surface area (Å²) in [5.74, 6) is 2.07. The molecule has 2 saturated heterocycles. The normalized spacial score (nSPS) is 21.6. The van der Waals surface area contributed by atoms with Gasteiger partial charge in [0.1, 0.15) is 35.2 Å². The highest BCUT2D eigenvalue weighted by atomic mass is 19.1. The van der Waals surface area contributed by atoms with Crippen LogP contribution in [0.3, 0.4) is 0 Å². The number of carboxylic acid groups (broad SMARTS) is 1. The summed E-state index contributed by atoms with van der Waals surface area (Å²) in [7, 11) is 2.97. The second-order valence-corrected chi connectivity index (χ2v) is 19.6. The molecular weight excluding hydrogens is 898 g/mol. The molecule has 2 fully saturated rings. The molecule has 17 nitrogen and oxygen atoms in total. The van der Waals surface area contributed by atoms with Gasteiger partial charge in [0.05, 0.1) is 72.4 Å². The van der Waals surface area contributed by atoms with Crippen LogP contribution in [-0.4, -0.2) is 122 Å². The molecule has 6 N–H and O–H groups in total. The van der Waals surface area contributed by atoms with Crippen molar-refractivity contribution in [3.05, 3.63) is 90.2 Å². The molecule has 6 heterocycles. The summed E-state index contributed by atoms with van der Waals surface area (Å²) >= 11 is 0. The number of fused-ring (bicyclic) bond motifs is 5. The van der Waals surface area contributed by atoms with E-state index >= 15 is 4.39 Å². The van der Waals surface area contributed by atoms with E-state index in [9.17, 15) is 19.8 Å². The van der Waals surface area contributed by atoms with E-state index < -0.39 is 36.5 Å². The fourth-order valence-corrected chi connectivity index (χ4v) is 10.7.